The molecule has 0 unspecified atom stereocenters. The van der Waals surface area contributed by atoms with E-state index in [9.17, 15) is 0 Å². The number of ether oxygens (including phenoxy) is 1. The summed E-state index contributed by atoms with van der Waals surface area (Å²) >= 11 is 0. The summed E-state index contributed by atoms with van der Waals surface area (Å²) in [5.74, 6) is 3.50. The molecule has 9 heavy (non-hydrogen) atoms. The third-order valence-electron chi connectivity index (χ3n) is 0.697. The lowest BCUT2D eigenvalue weighted by molar-refractivity contribution is 0.135. The Bertz CT molecular complexity index is 30.2. The number of hydrogen-bond acceptors (Lipinski definition) is 3. The van der Waals surface area contributed by atoms with E-state index in [1.165, 1.54) is 0 Å². The summed E-state index contributed by atoms with van der Waals surface area (Å²) in [4.78, 5) is 0. The van der Waals surface area contributed by atoms with Gasteiger partial charge in [-0.3, -0.25) is 0 Å². The van der Waals surface area contributed by atoms with Gasteiger partial charge in [0.2, 0.25) is 0 Å². The molecular weight excluding hydrogens is 118 g/mol. The summed E-state index contributed by atoms with van der Waals surface area (Å²) in [6, 6.07) is 0. The molecule has 0 spiro atoms. The van der Waals surface area contributed by atoms with Crippen LogP contribution in [0.3, 0.4) is 0 Å². The standard InChI is InChI=1S/C6H14O.H3NO/c1-3-5-7-6-4-2;1-2/h3-6H2,1-2H3;2H,1H2. The van der Waals surface area contributed by atoms with E-state index in [-0.39, 0.29) is 0 Å². The molecule has 0 aromatic carbocycles. The lowest BCUT2D eigenvalue weighted by Crippen LogP contribution is -1.92. The zero-order valence-electron chi connectivity index (χ0n) is 6.26. The summed E-state index contributed by atoms with van der Waals surface area (Å²) in [5.41, 5.74) is 0. The Morgan fingerprint density at radius 3 is 1.67 bits per heavy atom. The summed E-state index contributed by atoms with van der Waals surface area (Å²) in [5, 5.41) is 6.50. The monoisotopic (exact) mass is 135 g/mol. The second-order valence-corrected chi connectivity index (χ2v) is 1.61. The fourth-order valence-corrected chi connectivity index (χ4v) is 0.391. The van der Waals surface area contributed by atoms with E-state index < -0.39 is 0 Å². The fraction of sp³-hybridized carbons (Fsp3) is 1.00. The Balaban J connectivity index is 0. The molecule has 0 heterocycles. The maximum absolute atomic E-state index is 6.50. The van der Waals surface area contributed by atoms with Gasteiger partial charge in [0, 0.05) is 13.2 Å². The van der Waals surface area contributed by atoms with Crippen molar-refractivity contribution < 1.29 is 9.94 Å². The van der Waals surface area contributed by atoms with E-state index in [1.807, 2.05) is 0 Å². The zero-order valence-corrected chi connectivity index (χ0v) is 6.26. The van der Waals surface area contributed by atoms with E-state index in [4.69, 9.17) is 9.94 Å². The van der Waals surface area contributed by atoms with Crippen LogP contribution in [0, 0.1) is 0 Å². The lowest BCUT2D eigenvalue weighted by Gasteiger charge is -1.95. The van der Waals surface area contributed by atoms with Crippen molar-refractivity contribution in [2.75, 3.05) is 13.2 Å². The molecule has 0 saturated heterocycles. The van der Waals surface area contributed by atoms with Crippen LogP contribution in [0.2, 0.25) is 0 Å². The van der Waals surface area contributed by atoms with Crippen LogP contribution in [0.4, 0.5) is 0 Å². The van der Waals surface area contributed by atoms with Crippen LogP contribution in [0.1, 0.15) is 26.7 Å². The molecule has 58 valence electrons. The number of hydrogen-bond donors (Lipinski definition) is 2. The molecule has 0 atom stereocenters. The van der Waals surface area contributed by atoms with Crippen molar-refractivity contribution >= 4 is 0 Å². The van der Waals surface area contributed by atoms with E-state index in [1.54, 1.807) is 0 Å². The van der Waals surface area contributed by atoms with Crippen molar-refractivity contribution in [2.24, 2.45) is 5.90 Å². The van der Waals surface area contributed by atoms with Gasteiger partial charge in [0.1, 0.15) is 0 Å². The van der Waals surface area contributed by atoms with Crippen molar-refractivity contribution in [1.29, 1.82) is 0 Å². The fourth-order valence-electron chi connectivity index (χ4n) is 0.391. The normalized spacial score (nSPS) is 8.00. The Kier molecular flexibility index (Phi) is 20.3. The highest BCUT2D eigenvalue weighted by Crippen LogP contribution is 1.81. The molecule has 0 aliphatic rings. The predicted molar refractivity (Wildman–Crippen MR) is 37.4 cm³/mol. The maximum atomic E-state index is 6.50. The average Bonchev–Trinajstić information content (AvgIpc) is 1.94. The third-order valence-corrected chi connectivity index (χ3v) is 0.697. The van der Waals surface area contributed by atoms with Gasteiger partial charge in [-0.05, 0) is 12.8 Å². The maximum Gasteiger partial charge on any atom is 0.0463 e. The second-order valence-electron chi connectivity index (χ2n) is 1.61. The Morgan fingerprint density at radius 1 is 1.11 bits per heavy atom. The molecule has 3 N–H and O–H groups in total. The minimum absolute atomic E-state index is 0.924. The number of rotatable bonds is 4. The van der Waals surface area contributed by atoms with Crippen LogP contribution < -0.4 is 5.90 Å². The van der Waals surface area contributed by atoms with Gasteiger partial charge in [-0.15, -0.1) is 0 Å². The summed E-state index contributed by atoms with van der Waals surface area (Å²) in [6.45, 7) is 6.09. The molecule has 3 nitrogen and oxygen atoms in total. The van der Waals surface area contributed by atoms with E-state index in [0.717, 1.165) is 26.1 Å². The first-order valence-electron chi connectivity index (χ1n) is 3.25. The molecule has 0 amide bonds. The average molecular weight is 135 g/mol. The summed E-state index contributed by atoms with van der Waals surface area (Å²) in [7, 11) is 0. The molecule has 0 rings (SSSR count). The highest BCUT2D eigenvalue weighted by Gasteiger charge is 1.77. The highest BCUT2D eigenvalue weighted by atomic mass is 16.5. The van der Waals surface area contributed by atoms with Gasteiger partial charge in [-0.1, -0.05) is 13.8 Å². The molecule has 0 radical (unpaired) electrons. The molecule has 0 aromatic heterocycles. The van der Waals surface area contributed by atoms with Gasteiger partial charge in [0.05, 0.1) is 0 Å². The van der Waals surface area contributed by atoms with Gasteiger partial charge in [-0.2, -0.15) is 0 Å². The van der Waals surface area contributed by atoms with Gasteiger partial charge in [0.25, 0.3) is 0 Å². The van der Waals surface area contributed by atoms with Crippen molar-refractivity contribution in [3.63, 3.8) is 0 Å². The molecule has 0 bridgehead atoms. The van der Waals surface area contributed by atoms with Gasteiger partial charge >= 0.3 is 0 Å². The van der Waals surface area contributed by atoms with E-state index >= 15 is 0 Å². The van der Waals surface area contributed by atoms with Gasteiger partial charge in [-0.25, -0.2) is 5.90 Å². The minimum atomic E-state index is 0.924. The van der Waals surface area contributed by atoms with Crippen molar-refractivity contribution in [2.45, 2.75) is 26.7 Å². The largest absolute Gasteiger partial charge is 0.381 e. The smallest absolute Gasteiger partial charge is 0.0463 e. The van der Waals surface area contributed by atoms with Gasteiger partial charge < -0.3 is 9.94 Å². The Hall–Kier alpha value is -0.120. The first-order chi connectivity index (χ1) is 4.41. The van der Waals surface area contributed by atoms with E-state index in [2.05, 4.69) is 19.7 Å². The van der Waals surface area contributed by atoms with Crippen LogP contribution in [-0.4, -0.2) is 18.4 Å². The van der Waals surface area contributed by atoms with Crippen LogP contribution in [0.15, 0.2) is 0 Å². The van der Waals surface area contributed by atoms with Crippen LogP contribution in [0.25, 0.3) is 0 Å². The van der Waals surface area contributed by atoms with Crippen LogP contribution >= 0.6 is 0 Å². The molecule has 0 aliphatic heterocycles. The van der Waals surface area contributed by atoms with Crippen LogP contribution in [-0.2, 0) is 4.74 Å². The predicted octanol–water partition coefficient (Wildman–Crippen LogP) is 1.16. The molecular formula is C6H17NO2. The quantitative estimate of drug-likeness (QED) is 0.449. The first kappa shape index (κ1) is 11.6. The summed E-state index contributed by atoms with van der Waals surface area (Å²) in [6.07, 6.45) is 2.28. The van der Waals surface area contributed by atoms with Crippen molar-refractivity contribution in [3.05, 3.63) is 0 Å². The summed E-state index contributed by atoms with van der Waals surface area (Å²) < 4.78 is 5.13. The minimum Gasteiger partial charge on any atom is -0.381 e. The Morgan fingerprint density at radius 2 is 1.44 bits per heavy atom. The molecule has 3 heteroatoms. The highest BCUT2D eigenvalue weighted by molar-refractivity contribution is 4.25. The second kappa shape index (κ2) is 15.7. The van der Waals surface area contributed by atoms with Gasteiger partial charge in [0.15, 0.2) is 0 Å². The topological polar surface area (TPSA) is 55.5 Å². The molecule has 0 fully saturated rings. The third kappa shape index (κ3) is 18.1. The van der Waals surface area contributed by atoms with E-state index in [0.29, 0.717) is 0 Å². The molecule has 0 saturated carbocycles. The first-order valence-corrected chi connectivity index (χ1v) is 3.25. The Labute approximate surface area is 56.8 Å². The van der Waals surface area contributed by atoms with Crippen molar-refractivity contribution in [1.82, 2.24) is 0 Å². The molecule has 0 aromatic rings. The zero-order chi connectivity index (χ0) is 7.54. The van der Waals surface area contributed by atoms with Crippen LogP contribution in [0.5, 0.6) is 0 Å². The lowest BCUT2D eigenvalue weighted by atomic mass is 10.5. The van der Waals surface area contributed by atoms with Crippen molar-refractivity contribution in [3.8, 4) is 0 Å². The molecule has 0 aliphatic carbocycles. The SMILES string of the molecule is CCCOCCC.NO. The number of nitrogens with two attached hydrogens (primary N) is 1.